The molecular weight excluding hydrogens is 560 g/mol. The summed E-state index contributed by atoms with van der Waals surface area (Å²) in [6.45, 7) is 1.16. The third kappa shape index (κ3) is 4.63. The standard InChI is InChI=1S/C44H30O2/c1-3-10-29(11-4-1)35-22-36(30-12-5-2-6-13-30)24-37(23-35)31-18-20-33-27-45-28-34-21-19-32(26-42(34)41(33)25-31)38-15-9-16-40-39-14-7-8-17-43(39)46-44(38)40/h1-26H,27-28H2. The predicted octanol–water partition coefficient (Wildman–Crippen LogP) is 12.0. The van der Waals surface area contributed by atoms with Crippen LogP contribution in [0.15, 0.2) is 162 Å². The van der Waals surface area contributed by atoms with Crippen molar-refractivity contribution in [2.75, 3.05) is 0 Å². The maximum absolute atomic E-state index is 6.42. The van der Waals surface area contributed by atoms with E-state index < -0.39 is 0 Å². The molecule has 2 heteroatoms. The Balaban J connectivity index is 1.20. The fourth-order valence-electron chi connectivity index (χ4n) is 6.89. The van der Waals surface area contributed by atoms with Crippen LogP contribution in [0.25, 0.3) is 77.6 Å². The van der Waals surface area contributed by atoms with Crippen molar-refractivity contribution in [3.63, 3.8) is 0 Å². The lowest BCUT2D eigenvalue weighted by atomic mass is 9.89. The molecule has 0 N–H and O–H groups in total. The first kappa shape index (κ1) is 26.7. The number of benzene rings is 7. The van der Waals surface area contributed by atoms with Crippen LogP contribution in [0.1, 0.15) is 11.1 Å². The zero-order valence-electron chi connectivity index (χ0n) is 25.2. The van der Waals surface area contributed by atoms with Gasteiger partial charge in [-0.25, -0.2) is 0 Å². The van der Waals surface area contributed by atoms with Crippen LogP contribution < -0.4 is 0 Å². The van der Waals surface area contributed by atoms with Crippen molar-refractivity contribution in [1.29, 1.82) is 0 Å². The summed E-state index contributed by atoms with van der Waals surface area (Å²) in [5.74, 6) is 0. The highest BCUT2D eigenvalue weighted by molar-refractivity contribution is 6.09. The second kappa shape index (κ2) is 11.0. The maximum Gasteiger partial charge on any atom is 0.143 e. The van der Waals surface area contributed by atoms with Crippen molar-refractivity contribution in [2.45, 2.75) is 13.2 Å². The fraction of sp³-hybridized carbons (Fsp3) is 0.0455. The van der Waals surface area contributed by atoms with E-state index in [2.05, 4.69) is 146 Å². The Morgan fingerprint density at radius 1 is 0.348 bits per heavy atom. The molecule has 2 heterocycles. The van der Waals surface area contributed by atoms with Crippen molar-refractivity contribution >= 4 is 21.9 Å². The minimum Gasteiger partial charge on any atom is -0.455 e. The second-order valence-electron chi connectivity index (χ2n) is 12.0. The second-order valence-corrected chi connectivity index (χ2v) is 12.0. The number of rotatable bonds is 4. The Bertz CT molecular complexity index is 2320. The van der Waals surface area contributed by atoms with Gasteiger partial charge in [0.2, 0.25) is 0 Å². The lowest BCUT2D eigenvalue weighted by molar-refractivity contribution is 0.110. The molecule has 0 spiro atoms. The van der Waals surface area contributed by atoms with Gasteiger partial charge in [-0.1, -0.05) is 121 Å². The molecule has 0 saturated carbocycles. The quantitative estimate of drug-likeness (QED) is 0.203. The smallest absolute Gasteiger partial charge is 0.143 e. The number of ether oxygens (including phenoxy) is 1. The summed E-state index contributed by atoms with van der Waals surface area (Å²) in [7, 11) is 0. The number of fused-ring (bicyclic) bond motifs is 6. The molecule has 1 aromatic heterocycles. The molecule has 0 amide bonds. The van der Waals surface area contributed by atoms with Gasteiger partial charge in [-0.2, -0.15) is 0 Å². The normalized spacial score (nSPS) is 12.5. The van der Waals surface area contributed by atoms with Crippen molar-refractivity contribution in [3.05, 3.63) is 169 Å². The summed E-state index contributed by atoms with van der Waals surface area (Å²) in [5.41, 5.74) is 16.1. The highest BCUT2D eigenvalue weighted by atomic mass is 16.5. The Labute approximate surface area is 268 Å². The molecule has 0 radical (unpaired) electrons. The molecular formula is C44H30O2. The van der Waals surface area contributed by atoms with Gasteiger partial charge >= 0.3 is 0 Å². The Hall–Kier alpha value is -5.70. The van der Waals surface area contributed by atoms with Crippen LogP contribution in [0.5, 0.6) is 0 Å². The predicted molar refractivity (Wildman–Crippen MR) is 189 cm³/mol. The molecule has 2 nitrogen and oxygen atoms in total. The van der Waals surface area contributed by atoms with Crippen LogP contribution in [0.2, 0.25) is 0 Å². The average molecular weight is 591 g/mol. The monoisotopic (exact) mass is 590 g/mol. The van der Waals surface area contributed by atoms with Crippen molar-refractivity contribution in [2.24, 2.45) is 0 Å². The molecule has 46 heavy (non-hydrogen) atoms. The van der Waals surface area contributed by atoms with Crippen LogP contribution in [0.4, 0.5) is 0 Å². The van der Waals surface area contributed by atoms with Gasteiger partial charge in [0.1, 0.15) is 11.2 Å². The van der Waals surface area contributed by atoms with Gasteiger partial charge in [-0.3, -0.25) is 0 Å². The number of hydrogen-bond donors (Lipinski definition) is 0. The van der Waals surface area contributed by atoms with Crippen LogP contribution >= 0.6 is 0 Å². The highest BCUT2D eigenvalue weighted by Crippen LogP contribution is 2.41. The number of para-hydroxylation sites is 2. The largest absolute Gasteiger partial charge is 0.455 e. The van der Waals surface area contributed by atoms with Gasteiger partial charge in [0.25, 0.3) is 0 Å². The molecule has 0 unspecified atom stereocenters. The number of furan rings is 1. The molecule has 8 aromatic rings. The van der Waals surface area contributed by atoms with Gasteiger partial charge in [-0.05, 0) is 97.6 Å². The lowest BCUT2D eigenvalue weighted by Gasteiger charge is -2.15. The maximum atomic E-state index is 6.42. The minimum atomic E-state index is 0.579. The van der Waals surface area contributed by atoms with E-state index in [1.807, 2.05) is 12.1 Å². The summed E-state index contributed by atoms with van der Waals surface area (Å²) in [4.78, 5) is 0. The third-order valence-electron chi connectivity index (χ3n) is 9.22. The van der Waals surface area contributed by atoms with E-state index in [0.29, 0.717) is 13.2 Å². The summed E-state index contributed by atoms with van der Waals surface area (Å²) >= 11 is 0. The van der Waals surface area contributed by atoms with E-state index in [-0.39, 0.29) is 0 Å². The third-order valence-corrected chi connectivity index (χ3v) is 9.22. The van der Waals surface area contributed by atoms with Crippen molar-refractivity contribution in [3.8, 4) is 55.6 Å². The average Bonchev–Trinajstić information content (AvgIpc) is 3.41. The molecule has 0 atom stereocenters. The number of hydrogen-bond acceptors (Lipinski definition) is 2. The fourth-order valence-corrected chi connectivity index (χ4v) is 6.89. The van der Waals surface area contributed by atoms with Crippen LogP contribution in [-0.4, -0.2) is 0 Å². The van der Waals surface area contributed by atoms with Gasteiger partial charge < -0.3 is 9.15 Å². The highest BCUT2D eigenvalue weighted by Gasteiger charge is 2.19. The van der Waals surface area contributed by atoms with Crippen LogP contribution in [0, 0.1) is 0 Å². The van der Waals surface area contributed by atoms with Crippen molar-refractivity contribution in [1.82, 2.24) is 0 Å². The zero-order valence-corrected chi connectivity index (χ0v) is 25.2. The van der Waals surface area contributed by atoms with E-state index in [4.69, 9.17) is 9.15 Å². The molecule has 9 rings (SSSR count). The molecule has 7 aromatic carbocycles. The summed E-state index contributed by atoms with van der Waals surface area (Å²) in [6, 6.07) is 56.5. The molecule has 1 aliphatic rings. The summed E-state index contributed by atoms with van der Waals surface area (Å²) in [6.07, 6.45) is 0. The topological polar surface area (TPSA) is 22.4 Å². The van der Waals surface area contributed by atoms with E-state index in [0.717, 1.165) is 33.1 Å². The molecule has 0 bridgehead atoms. The zero-order chi connectivity index (χ0) is 30.5. The minimum absolute atomic E-state index is 0.579. The Morgan fingerprint density at radius 2 is 0.891 bits per heavy atom. The first-order chi connectivity index (χ1) is 22.8. The first-order valence-corrected chi connectivity index (χ1v) is 15.8. The Kier molecular flexibility index (Phi) is 6.40. The van der Waals surface area contributed by atoms with Crippen LogP contribution in [0.3, 0.4) is 0 Å². The van der Waals surface area contributed by atoms with Gasteiger partial charge in [0, 0.05) is 16.3 Å². The molecule has 1 aliphatic heterocycles. The van der Waals surface area contributed by atoms with Gasteiger partial charge in [0.05, 0.1) is 13.2 Å². The summed E-state index contributed by atoms with van der Waals surface area (Å²) in [5, 5.41) is 2.28. The first-order valence-electron chi connectivity index (χ1n) is 15.8. The SMILES string of the molecule is c1ccc(-c2cc(-c3ccccc3)cc(-c3ccc4c(c3)-c3cc(-c5cccc6c5oc5ccccc56)ccc3COC4)c2)cc1. The summed E-state index contributed by atoms with van der Waals surface area (Å²) < 4.78 is 12.6. The lowest BCUT2D eigenvalue weighted by Crippen LogP contribution is -1.92. The van der Waals surface area contributed by atoms with E-state index >= 15 is 0 Å². The van der Waals surface area contributed by atoms with Gasteiger partial charge in [-0.15, -0.1) is 0 Å². The molecule has 0 saturated heterocycles. The van der Waals surface area contributed by atoms with Crippen molar-refractivity contribution < 1.29 is 9.15 Å². The molecule has 0 fully saturated rings. The van der Waals surface area contributed by atoms with E-state index in [1.54, 1.807) is 0 Å². The van der Waals surface area contributed by atoms with Gasteiger partial charge in [0.15, 0.2) is 0 Å². The van der Waals surface area contributed by atoms with E-state index in [9.17, 15) is 0 Å². The van der Waals surface area contributed by atoms with E-state index in [1.165, 1.54) is 55.6 Å². The molecule has 0 aliphatic carbocycles. The Morgan fingerprint density at radius 3 is 1.57 bits per heavy atom. The molecule has 218 valence electrons. The van der Waals surface area contributed by atoms with Crippen LogP contribution in [-0.2, 0) is 18.0 Å².